The lowest BCUT2D eigenvalue weighted by atomic mass is 10.1. The lowest BCUT2D eigenvalue weighted by Gasteiger charge is -2.36. The van der Waals surface area contributed by atoms with Crippen molar-refractivity contribution in [1.29, 1.82) is 0 Å². The van der Waals surface area contributed by atoms with Crippen LogP contribution in [0.25, 0.3) is 0 Å². The number of carbonyl (C=O) groups is 2. The van der Waals surface area contributed by atoms with Gasteiger partial charge in [0, 0.05) is 30.7 Å². The summed E-state index contributed by atoms with van der Waals surface area (Å²) in [5.41, 5.74) is 1.56. The molecule has 124 valence electrons. The Morgan fingerprint density at radius 1 is 1.04 bits per heavy atom. The number of nitrogens with zero attached hydrogens (tertiary/aromatic N) is 3. The number of pyridine rings is 1. The van der Waals surface area contributed by atoms with E-state index in [4.69, 9.17) is 5.11 Å². The molecule has 0 radical (unpaired) electrons. The van der Waals surface area contributed by atoms with E-state index < -0.39 is 5.97 Å². The average Bonchev–Trinajstić information content (AvgIpc) is 2.62. The molecule has 0 aliphatic carbocycles. The molecule has 1 saturated heterocycles. The summed E-state index contributed by atoms with van der Waals surface area (Å²) in [5.74, 6) is -1.02. The monoisotopic (exact) mass is 389 g/mol. The summed E-state index contributed by atoms with van der Waals surface area (Å²) in [7, 11) is 0. The van der Waals surface area contributed by atoms with E-state index in [1.54, 1.807) is 12.3 Å². The first kappa shape index (κ1) is 16.4. The second-order valence-corrected chi connectivity index (χ2v) is 6.32. The van der Waals surface area contributed by atoms with Gasteiger partial charge < -0.3 is 14.9 Å². The highest BCUT2D eigenvalue weighted by Crippen LogP contribution is 2.20. The van der Waals surface area contributed by atoms with Gasteiger partial charge in [0.05, 0.1) is 17.4 Å². The van der Waals surface area contributed by atoms with Crippen LogP contribution in [0.2, 0.25) is 0 Å². The first-order valence-electron chi connectivity index (χ1n) is 7.54. The van der Waals surface area contributed by atoms with Gasteiger partial charge in [-0.2, -0.15) is 0 Å². The summed E-state index contributed by atoms with van der Waals surface area (Å²) in [6.45, 7) is 2.59. The third kappa shape index (κ3) is 3.41. The van der Waals surface area contributed by atoms with E-state index >= 15 is 0 Å². The second-order valence-electron chi connectivity index (χ2n) is 5.47. The average molecular weight is 390 g/mol. The number of carbonyl (C=O) groups excluding carboxylic acids is 1. The molecule has 1 aromatic carbocycles. The van der Waals surface area contributed by atoms with Gasteiger partial charge in [-0.1, -0.05) is 12.1 Å². The Hall–Kier alpha value is -2.41. The van der Waals surface area contributed by atoms with Gasteiger partial charge in [0.2, 0.25) is 0 Å². The molecule has 7 heteroatoms. The first-order valence-corrected chi connectivity index (χ1v) is 8.33. The molecule has 6 nitrogen and oxygen atoms in total. The van der Waals surface area contributed by atoms with Gasteiger partial charge in [-0.3, -0.25) is 4.79 Å². The zero-order valence-electron chi connectivity index (χ0n) is 12.9. The van der Waals surface area contributed by atoms with Crippen LogP contribution in [0.1, 0.15) is 20.8 Å². The first-order chi connectivity index (χ1) is 11.6. The number of hydrogen-bond acceptors (Lipinski definition) is 4. The van der Waals surface area contributed by atoms with Gasteiger partial charge in [-0.25, -0.2) is 9.78 Å². The van der Waals surface area contributed by atoms with Crippen LogP contribution in [-0.4, -0.2) is 53.0 Å². The van der Waals surface area contributed by atoms with Crippen molar-refractivity contribution in [2.45, 2.75) is 0 Å². The summed E-state index contributed by atoms with van der Waals surface area (Å²) in [5, 5.41) is 8.89. The number of piperazine rings is 1. The summed E-state index contributed by atoms with van der Waals surface area (Å²) in [6, 6.07) is 10.7. The minimum Gasteiger partial charge on any atom is -0.477 e. The molecule has 1 amide bonds. The molecule has 1 fully saturated rings. The fourth-order valence-electron chi connectivity index (χ4n) is 2.67. The highest BCUT2D eigenvalue weighted by atomic mass is 79.9. The molecule has 0 spiro atoms. The zero-order chi connectivity index (χ0) is 17.1. The van der Waals surface area contributed by atoms with Crippen molar-refractivity contribution in [2.24, 2.45) is 0 Å². The third-order valence-corrected chi connectivity index (χ3v) is 4.69. The number of carboxylic acids is 1. The molecular weight excluding hydrogens is 374 g/mol. The van der Waals surface area contributed by atoms with E-state index in [9.17, 15) is 9.59 Å². The normalized spacial score (nSPS) is 14.5. The number of rotatable bonds is 3. The Morgan fingerprint density at radius 2 is 1.75 bits per heavy atom. The van der Waals surface area contributed by atoms with Crippen LogP contribution in [0, 0.1) is 0 Å². The lowest BCUT2D eigenvalue weighted by Crippen LogP contribution is -2.48. The fourth-order valence-corrected chi connectivity index (χ4v) is 3.13. The van der Waals surface area contributed by atoms with Crippen molar-refractivity contribution in [3.8, 4) is 0 Å². The van der Waals surface area contributed by atoms with E-state index in [1.807, 2.05) is 29.2 Å². The standard InChI is InChI=1S/C17H16BrN3O3/c18-14-4-2-1-3-13(14)16(22)21-9-7-20(8-10-21)12-5-6-15(17(23)24)19-11-12/h1-6,11H,7-10H2,(H,23,24). The maximum atomic E-state index is 12.6. The largest absolute Gasteiger partial charge is 0.477 e. The number of carboxylic acid groups (broad SMARTS) is 1. The minimum absolute atomic E-state index is 0.0153. The van der Waals surface area contributed by atoms with Crippen LogP contribution >= 0.6 is 15.9 Å². The fraction of sp³-hybridized carbons (Fsp3) is 0.235. The molecule has 0 bridgehead atoms. The van der Waals surface area contributed by atoms with E-state index in [0.717, 1.165) is 10.2 Å². The topological polar surface area (TPSA) is 73.7 Å². The Bertz CT molecular complexity index is 756. The number of hydrogen-bond donors (Lipinski definition) is 1. The summed E-state index contributed by atoms with van der Waals surface area (Å²) in [4.78, 5) is 31.3. The van der Waals surface area contributed by atoms with Crippen LogP contribution in [0.5, 0.6) is 0 Å². The molecule has 0 saturated carbocycles. The lowest BCUT2D eigenvalue weighted by molar-refractivity contribution is 0.0688. The zero-order valence-corrected chi connectivity index (χ0v) is 14.4. The molecule has 24 heavy (non-hydrogen) atoms. The Kier molecular flexibility index (Phi) is 4.80. The minimum atomic E-state index is -1.04. The third-order valence-electron chi connectivity index (χ3n) is 4.00. The van der Waals surface area contributed by atoms with Gasteiger partial charge >= 0.3 is 5.97 Å². The highest BCUT2D eigenvalue weighted by molar-refractivity contribution is 9.10. The van der Waals surface area contributed by atoms with Gasteiger partial charge in [-0.15, -0.1) is 0 Å². The van der Waals surface area contributed by atoms with Crippen LogP contribution < -0.4 is 4.90 Å². The van der Waals surface area contributed by atoms with E-state index in [2.05, 4.69) is 25.8 Å². The predicted molar refractivity (Wildman–Crippen MR) is 93.5 cm³/mol. The molecule has 1 aromatic heterocycles. The van der Waals surface area contributed by atoms with Crippen molar-refractivity contribution in [2.75, 3.05) is 31.1 Å². The molecule has 1 aliphatic rings. The number of aromatic carboxylic acids is 1. The summed E-state index contributed by atoms with van der Waals surface area (Å²) >= 11 is 3.42. The SMILES string of the molecule is O=C(O)c1ccc(N2CCN(C(=O)c3ccccc3Br)CC2)cn1. The van der Waals surface area contributed by atoms with Gasteiger partial charge in [0.1, 0.15) is 5.69 Å². The van der Waals surface area contributed by atoms with Crippen LogP contribution in [0.4, 0.5) is 5.69 Å². The van der Waals surface area contributed by atoms with Gasteiger partial charge in [-0.05, 0) is 40.2 Å². The van der Waals surface area contributed by atoms with Crippen molar-refractivity contribution in [3.05, 3.63) is 58.3 Å². The Labute approximate surface area is 147 Å². The van der Waals surface area contributed by atoms with E-state index in [-0.39, 0.29) is 11.6 Å². The predicted octanol–water partition coefficient (Wildman–Crippen LogP) is 2.50. The molecule has 1 aliphatic heterocycles. The summed E-state index contributed by atoms with van der Waals surface area (Å²) in [6.07, 6.45) is 1.56. The second kappa shape index (κ2) is 7.00. The van der Waals surface area contributed by atoms with Crippen LogP contribution in [0.15, 0.2) is 47.1 Å². The molecule has 0 atom stereocenters. The van der Waals surface area contributed by atoms with Crippen molar-refractivity contribution < 1.29 is 14.7 Å². The number of aromatic nitrogens is 1. The Balaban J connectivity index is 1.64. The number of benzene rings is 1. The quantitative estimate of drug-likeness (QED) is 0.872. The maximum Gasteiger partial charge on any atom is 0.354 e. The van der Waals surface area contributed by atoms with Gasteiger partial charge in [0.25, 0.3) is 5.91 Å². The van der Waals surface area contributed by atoms with Crippen molar-refractivity contribution in [3.63, 3.8) is 0 Å². The molecule has 2 aromatic rings. The molecule has 1 N–H and O–H groups in total. The van der Waals surface area contributed by atoms with E-state index in [0.29, 0.717) is 31.7 Å². The molecule has 0 unspecified atom stereocenters. The van der Waals surface area contributed by atoms with Crippen molar-refractivity contribution >= 4 is 33.5 Å². The Morgan fingerprint density at radius 3 is 2.33 bits per heavy atom. The number of anilines is 1. The molecule has 3 rings (SSSR count). The highest BCUT2D eigenvalue weighted by Gasteiger charge is 2.23. The number of halogens is 1. The van der Waals surface area contributed by atoms with Gasteiger partial charge in [0.15, 0.2) is 0 Å². The molecular formula is C17H16BrN3O3. The summed E-state index contributed by atoms with van der Waals surface area (Å²) < 4.78 is 0.797. The molecule has 2 heterocycles. The van der Waals surface area contributed by atoms with Crippen molar-refractivity contribution in [1.82, 2.24) is 9.88 Å². The van der Waals surface area contributed by atoms with Crippen LogP contribution in [0.3, 0.4) is 0 Å². The van der Waals surface area contributed by atoms with Crippen LogP contribution in [-0.2, 0) is 0 Å². The maximum absolute atomic E-state index is 12.6. The van der Waals surface area contributed by atoms with E-state index in [1.165, 1.54) is 6.07 Å². The number of amides is 1. The smallest absolute Gasteiger partial charge is 0.354 e.